The van der Waals surface area contributed by atoms with Crippen molar-refractivity contribution in [2.45, 2.75) is 32.7 Å². The summed E-state index contributed by atoms with van der Waals surface area (Å²) >= 11 is 0. The maximum absolute atomic E-state index is 6.15. The van der Waals surface area contributed by atoms with E-state index < -0.39 is 0 Å². The van der Waals surface area contributed by atoms with Crippen LogP contribution in [0.5, 0.6) is 0 Å². The Kier molecular flexibility index (Phi) is 4.46. The number of imidazole rings is 1. The van der Waals surface area contributed by atoms with Gasteiger partial charge >= 0.3 is 0 Å². The van der Waals surface area contributed by atoms with Crippen LogP contribution in [0.3, 0.4) is 0 Å². The lowest BCUT2D eigenvalue weighted by Crippen LogP contribution is -2.09. The van der Waals surface area contributed by atoms with Crippen molar-refractivity contribution in [1.29, 1.82) is 0 Å². The highest BCUT2D eigenvalue weighted by atomic mass is 15.1. The minimum Gasteiger partial charge on any atom is -0.391 e. The first kappa shape index (κ1) is 15.3. The summed E-state index contributed by atoms with van der Waals surface area (Å²) in [6, 6.07) is 8.13. The van der Waals surface area contributed by atoms with Crippen molar-refractivity contribution in [3.63, 3.8) is 0 Å². The largest absolute Gasteiger partial charge is 0.391 e. The van der Waals surface area contributed by atoms with Crippen LogP contribution in [0, 0.1) is 0 Å². The second-order valence-corrected chi connectivity index (χ2v) is 5.61. The van der Waals surface area contributed by atoms with Crippen LogP contribution < -0.4 is 11.1 Å². The summed E-state index contributed by atoms with van der Waals surface area (Å²) in [5.41, 5.74) is 9.01. The summed E-state index contributed by atoms with van der Waals surface area (Å²) in [5.74, 6) is 1.59. The van der Waals surface area contributed by atoms with Crippen LogP contribution in [-0.4, -0.2) is 21.1 Å². The number of anilines is 1. The number of nitrogens with two attached hydrogens (primary N) is 1. The third-order valence-electron chi connectivity index (χ3n) is 4.10. The molecule has 3 aromatic rings. The molecular formula is C18H23N5. The fraction of sp³-hybridized carbons (Fsp3) is 0.333. The van der Waals surface area contributed by atoms with E-state index in [4.69, 9.17) is 10.7 Å². The van der Waals surface area contributed by atoms with Gasteiger partial charge in [-0.25, -0.2) is 9.97 Å². The van der Waals surface area contributed by atoms with Crippen LogP contribution in [0.1, 0.15) is 25.6 Å². The Morgan fingerprint density at radius 2 is 2.09 bits per heavy atom. The minimum atomic E-state index is 0.514. The zero-order valence-corrected chi connectivity index (χ0v) is 13.5. The lowest BCUT2D eigenvalue weighted by Gasteiger charge is -2.10. The fourth-order valence-corrected chi connectivity index (χ4v) is 3.01. The van der Waals surface area contributed by atoms with E-state index in [1.54, 1.807) is 6.20 Å². The number of rotatable bonds is 7. The molecule has 3 rings (SSSR count). The smallest absolute Gasteiger partial charge is 0.152 e. The highest BCUT2D eigenvalue weighted by Crippen LogP contribution is 2.29. The molecule has 23 heavy (non-hydrogen) atoms. The van der Waals surface area contributed by atoms with Gasteiger partial charge in [0, 0.05) is 24.9 Å². The molecule has 3 N–H and O–H groups in total. The van der Waals surface area contributed by atoms with Gasteiger partial charge in [0.2, 0.25) is 0 Å². The lowest BCUT2D eigenvalue weighted by molar-refractivity contribution is 0.591. The number of unbranched alkanes of at least 4 members (excludes halogenated alkanes) is 1. The third-order valence-corrected chi connectivity index (χ3v) is 4.10. The van der Waals surface area contributed by atoms with Crippen LogP contribution in [-0.2, 0) is 13.0 Å². The molecule has 0 aliphatic carbocycles. The zero-order valence-electron chi connectivity index (χ0n) is 13.5. The minimum absolute atomic E-state index is 0.514. The first-order valence-electron chi connectivity index (χ1n) is 8.14. The third kappa shape index (κ3) is 2.86. The number of nitrogens with zero attached hydrogens (tertiary/aromatic N) is 3. The SMILES string of the molecule is C=CNCCCCn1c(CC)nc2c(N)nc3ccccc3c21. The van der Waals surface area contributed by atoms with Gasteiger partial charge in [0.15, 0.2) is 5.82 Å². The molecule has 0 radical (unpaired) electrons. The highest BCUT2D eigenvalue weighted by Gasteiger charge is 2.15. The number of nitrogens with one attached hydrogen (secondary N) is 1. The van der Waals surface area contributed by atoms with Gasteiger partial charge in [-0.2, -0.15) is 0 Å². The van der Waals surface area contributed by atoms with E-state index in [9.17, 15) is 0 Å². The Morgan fingerprint density at radius 3 is 2.87 bits per heavy atom. The Balaban J connectivity index is 2.05. The quantitative estimate of drug-likeness (QED) is 0.657. The van der Waals surface area contributed by atoms with Crippen molar-refractivity contribution in [2.75, 3.05) is 12.3 Å². The molecule has 0 atom stereocenters. The molecule has 0 spiro atoms. The molecule has 0 bridgehead atoms. The van der Waals surface area contributed by atoms with Gasteiger partial charge in [-0.05, 0) is 25.1 Å². The van der Waals surface area contributed by atoms with E-state index in [-0.39, 0.29) is 0 Å². The summed E-state index contributed by atoms with van der Waals surface area (Å²) in [7, 11) is 0. The summed E-state index contributed by atoms with van der Waals surface area (Å²) < 4.78 is 2.31. The van der Waals surface area contributed by atoms with Crippen LogP contribution >= 0.6 is 0 Å². The van der Waals surface area contributed by atoms with Gasteiger partial charge in [-0.3, -0.25) is 0 Å². The molecule has 0 fully saturated rings. The van der Waals surface area contributed by atoms with Crippen LogP contribution in [0.15, 0.2) is 37.0 Å². The fourth-order valence-electron chi connectivity index (χ4n) is 3.01. The Hall–Kier alpha value is -2.56. The van der Waals surface area contributed by atoms with Crippen LogP contribution in [0.25, 0.3) is 21.9 Å². The van der Waals surface area contributed by atoms with E-state index in [0.717, 1.165) is 60.1 Å². The molecule has 0 amide bonds. The van der Waals surface area contributed by atoms with Crippen molar-refractivity contribution >= 4 is 27.8 Å². The maximum Gasteiger partial charge on any atom is 0.152 e. The molecule has 1 aromatic carbocycles. The lowest BCUT2D eigenvalue weighted by atomic mass is 10.2. The van der Waals surface area contributed by atoms with Crippen molar-refractivity contribution in [3.05, 3.63) is 42.9 Å². The van der Waals surface area contributed by atoms with Crippen molar-refractivity contribution in [1.82, 2.24) is 19.9 Å². The average Bonchev–Trinajstić information content (AvgIpc) is 2.94. The summed E-state index contributed by atoms with van der Waals surface area (Å²) in [4.78, 5) is 9.23. The molecule has 5 nitrogen and oxygen atoms in total. The molecule has 2 aromatic heterocycles. The second kappa shape index (κ2) is 6.69. The average molecular weight is 309 g/mol. The number of nitrogen functional groups attached to an aromatic ring is 1. The molecule has 0 saturated heterocycles. The monoisotopic (exact) mass is 309 g/mol. The normalized spacial score (nSPS) is 11.2. The van der Waals surface area contributed by atoms with Gasteiger partial charge in [-0.1, -0.05) is 31.7 Å². The summed E-state index contributed by atoms with van der Waals surface area (Å²) in [6.45, 7) is 7.68. The van der Waals surface area contributed by atoms with Gasteiger partial charge in [-0.15, -0.1) is 0 Å². The number of hydrogen-bond acceptors (Lipinski definition) is 4. The van der Waals surface area contributed by atoms with Crippen LogP contribution in [0.2, 0.25) is 0 Å². The molecule has 120 valence electrons. The van der Waals surface area contributed by atoms with Gasteiger partial charge in [0.25, 0.3) is 0 Å². The first-order valence-corrected chi connectivity index (χ1v) is 8.14. The Labute approximate surface area is 136 Å². The molecule has 0 aliphatic heterocycles. The van der Waals surface area contributed by atoms with Gasteiger partial charge < -0.3 is 15.6 Å². The van der Waals surface area contributed by atoms with Crippen LogP contribution in [0.4, 0.5) is 5.82 Å². The number of hydrogen-bond donors (Lipinski definition) is 2. The predicted octanol–water partition coefficient (Wildman–Crippen LogP) is 3.24. The molecule has 0 aliphatic rings. The number of pyridine rings is 1. The molecule has 2 heterocycles. The maximum atomic E-state index is 6.15. The molecule has 5 heteroatoms. The topological polar surface area (TPSA) is 68.8 Å². The van der Waals surface area contributed by atoms with Gasteiger partial charge in [0.05, 0.1) is 11.0 Å². The second-order valence-electron chi connectivity index (χ2n) is 5.61. The zero-order chi connectivity index (χ0) is 16.2. The van der Waals surface area contributed by atoms with E-state index in [0.29, 0.717) is 5.82 Å². The van der Waals surface area contributed by atoms with E-state index in [2.05, 4.69) is 34.4 Å². The first-order chi connectivity index (χ1) is 11.3. The molecule has 0 unspecified atom stereocenters. The standard InChI is InChI=1S/C18H23N5/c1-3-15-22-16-17(23(15)12-8-7-11-20-4-2)13-9-5-6-10-14(13)21-18(16)19/h4-6,9-10,20H,2-3,7-8,11-12H2,1H3,(H2,19,21). The summed E-state index contributed by atoms with van der Waals surface area (Å²) in [6.07, 6.45) is 4.79. The number of benzene rings is 1. The Bertz CT molecular complexity index is 834. The molecule has 0 saturated carbocycles. The van der Waals surface area contributed by atoms with Gasteiger partial charge in [0.1, 0.15) is 11.3 Å². The predicted molar refractivity (Wildman–Crippen MR) is 96.3 cm³/mol. The number of aromatic nitrogens is 3. The Morgan fingerprint density at radius 1 is 1.26 bits per heavy atom. The number of aryl methyl sites for hydroxylation is 2. The van der Waals surface area contributed by atoms with E-state index in [1.165, 1.54) is 0 Å². The van der Waals surface area contributed by atoms with Crippen molar-refractivity contribution in [3.8, 4) is 0 Å². The number of para-hydroxylation sites is 1. The van der Waals surface area contributed by atoms with E-state index in [1.807, 2.05) is 18.2 Å². The number of fused-ring (bicyclic) bond motifs is 3. The van der Waals surface area contributed by atoms with E-state index >= 15 is 0 Å². The van der Waals surface area contributed by atoms with Crippen molar-refractivity contribution < 1.29 is 0 Å². The summed E-state index contributed by atoms with van der Waals surface area (Å²) in [5, 5.41) is 4.26. The van der Waals surface area contributed by atoms with Crippen molar-refractivity contribution in [2.24, 2.45) is 0 Å². The molecular weight excluding hydrogens is 286 g/mol. The highest BCUT2D eigenvalue weighted by molar-refractivity contribution is 6.06.